The molecule has 1 aromatic rings. The summed E-state index contributed by atoms with van der Waals surface area (Å²) in [5.74, 6) is 0.502. The maximum atomic E-state index is 11.9. The number of halogens is 1. The number of hydrogen-bond acceptors (Lipinski definition) is 3. The SMILES string of the molecule is COc1ccc(C(=O)NCC(C)(C)CCl)cc1O. The fraction of sp³-hybridized carbons (Fsp3) is 0.462. The molecule has 1 amide bonds. The van der Waals surface area contributed by atoms with Crippen molar-refractivity contribution in [3.63, 3.8) is 0 Å². The topological polar surface area (TPSA) is 58.6 Å². The smallest absolute Gasteiger partial charge is 0.251 e. The molecule has 1 rings (SSSR count). The summed E-state index contributed by atoms with van der Waals surface area (Å²) in [6.07, 6.45) is 0. The third-order valence-electron chi connectivity index (χ3n) is 2.53. The van der Waals surface area contributed by atoms with Gasteiger partial charge in [0, 0.05) is 18.0 Å². The van der Waals surface area contributed by atoms with Gasteiger partial charge in [-0.05, 0) is 23.6 Å². The molecule has 0 aromatic heterocycles. The van der Waals surface area contributed by atoms with Crippen molar-refractivity contribution in [3.8, 4) is 11.5 Å². The Kier molecular flexibility index (Phi) is 4.84. The molecule has 0 saturated carbocycles. The second kappa shape index (κ2) is 5.96. The molecule has 0 saturated heterocycles. The molecular weight excluding hydrogens is 254 g/mol. The van der Waals surface area contributed by atoms with Crippen LogP contribution in [-0.4, -0.2) is 30.5 Å². The predicted octanol–water partition coefficient (Wildman–Crippen LogP) is 2.40. The Labute approximate surface area is 112 Å². The summed E-state index contributed by atoms with van der Waals surface area (Å²) in [6.45, 7) is 4.40. The number of hydrogen-bond donors (Lipinski definition) is 2. The molecule has 0 aliphatic heterocycles. The van der Waals surface area contributed by atoms with Crippen LogP contribution in [0.3, 0.4) is 0 Å². The molecule has 0 unspecified atom stereocenters. The van der Waals surface area contributed by atoms with Crippen LogP contribution < -0.4 is 10.1 Å². The van der Waals surface area contributed by atoms with E-state index in [9.17, 15) is 9.90 Å². The molecule has 1 aromatic carbocycles. The third kappa shape index (κ3) is 3.81. The van der Waals surface area contributed by atoms with E-state index in [2.05, 4.69) is 5.32 Å². The van der Waals surface area contributed by atoms with Gasteiger partial charge < -0.3 is 15.2 Å². The number of methoxy groups -OCH3 is 1. The molecule has 0 heterocycles. The van der Waals surface area contributed by atoms with Crippen LogP contribution in [0.25, 0.3) is 0 Å². The van der Waals surface area contributed by atoms with Crippen molar-refractivity contribution in [2.45, 2.75) is 13.8 Å². The van der Waals surface area contributed by atoms with Crippen LogP contribution in [0.4, 0.5) is 0 Å². The van der Waals surface area contributed by atoms with E-state index in [1.165, 1.54) is 13.2 Å². The molecule has 0 fully saturated rings. The number of carbonyl (C=O) groups is 1. The number of benzene rings is 1. The Bertz CT molecular complexity index is 432. The molecule has 0 aliphatic rings. The Morgan fingerprint density at radius 3 is 2.67 bits per heavy atom. The van der Waals surface area contributed by atoms with E-state index in [-0.39, 0.29) is 17.1 Å². The number of phenolic OH excluding ortho intramolecular Hbond substituents is 1. The normalized spacial score (nSPS) is 11.1. The van der Waals surface area contributed by atoms with Gasteiger partial charge in [-0.2, -0.15) is 0 Å². The average molecular weight is 272 g/mol. The minimum Gasteiger partial charge on any atom is -0.504 e. The quantitative estimate of drug-likeness (QED) is 0.809. The molecular formula is C13H18ClNO3. The number of carbonyl (C=O) groups excluding carboxylic acids is 1. The molecule has 0 spiro atoms. The van der Waals surface area contributed by atoms with Crippen molar-refractivity contribution in [1.82, 2.24) is 5.32 Å². The first-order valence-electron chi connectivity index (χ1n) is 5.61. The molecule has 18 heavy (non-hydrogen) atoms. The summed E-state index contributed by atoms with van der Waals surface area (Å²) in [5, 5.41) is 12.4. The zero-order valence-corrected chi connectivity index (χ0v) is 11.5. The second-order valence-corrected chi connectivity index (χ2v) is 5.13. The molecule has 0 aliphatic carbocycles. The first kappa shape index (κ1) is 14.6. The average Bonchev–Trinajstić information content (AvgIpc) is 2.36. The van der Waals surface area contributed by atoms with E-state index in [4.69, 9.17) is 16.3 Å². The minimum atomic E-state index is -0.244. The zero-order valence-electron chi connectivity index (χ0n) is 10.8. The van der Waals surface area contributed by atoms with Crippen LogP contribution in [0.5, 0.6) is 11.5 Å². The van der Waals surface area contributed by atoms with Gasteiger partial charge in [0.25, 0.3) is 5.91 Å². The molecule has 2 N–H and O–H groups in total. The van der Waals surface area contributed by atoms with E-state index in [0.717, 1.165) is 0 Å². The van der Waals surface area contributed by atoms with Gasteiger partial charge in [-0.25, -0.2) is 0 Å². The maximum Gasteiger partial charge on any atom is 0.251 e. The number of alkyl halides is 1. The highest BCUT2D eigenvalue weighted by molar-refractivity contribution is 6.18. The molecule has 4 nitrogen and oxygen atoms in total. The summed E-state index contributed by atoms with van der Waals surface area (Å²) in [7, 11) is 1.46. The lowest BCUT2D eigenvalue weighted by Crippen LogP contribution is -2.34. The van der Waals surface area contributed by atoms with Gasteiger partial charge in [0.15, 0.2) is 11.5 Å². The van der Waals surface area contributed by atoms with Crippen LogP contribution in [0.1, 0.15) is 24.2 Å². The van der Waals surface area contributed by atoms with Crippen molar-refractivity contribution >= 4 is 17.5 Å². The molecule has 0 radical (unpaired) electrons. The van der Waals surface area contributed by atoms with Crippen LogP contribution in [0.15, 0.2) is 18.2 Å². The Balaban J connectivity index is 2.71. The van der Waals surface area contributed by atoms with Gasteiger partial charge >= 0.3 is 0 Å². The predicted molar refractivity (Wildman–Crippen MR) is 71.5 cm³/mol. The summed E-state index contributed by atoms with van der Waals surface area (Å²) in [5.41, 5.74) is 0.227. The Morgan fingerprint density at radius 1 is 1.50 bits per heavy atom. The fourth-order valence-electron chi connectivity index (χ4n) is 1.30. The standard InChI is InChI=1S/C13H18ClNO3/c1-13(2,7-14)8-15-12(17)9-4-5-11(18-3)10(16)6-9/h4-6,16H,7-8H2,1-3H3,(H,15,17). The van der Waals surface area contributed by atoms with Crippen molar-refractivity contribution in [3.05, 3.63) is 23.8 Å². The van der Waals surface area contributed by atoms with Crippen molar-refractivity contribution in [2.75, 3.05) is 19.5 Å². The number of aromatic hydroxyl groups is 1. The summed E-state index contributed by atoms with van der Waals surface area (Å²) in [4.78, 5) is 11.9. The van der Waals surface area contributed by atoms with Gasteiger partial charge in [-0.3, -0.25) is 4.79 Å². The second-order valence-electron chi connectivity index (χ2n) is 4.87. The van der Waals surface area contributed by atoms with Crippen LogP contribution in [0.2, 0.25) is 0 Å². The number of phenols is 1. The summed E-state index contributed by atoms with van der Waals surface area (Å²) >= 11 is 5.78. The fourth-order valence-corrected chi connectivity index (χ4v) is 1.39. The van der Waals surface area contributed by atoms with E-state index in [0.29, 0.717) is 23.7 Å². The lowest BCUT2D eigenvalue weighted by atomic mass is 9.96. The van der Waals surface area contributed by atoms with Crippen LogP contribution in [0, 0.1) is 5.41 Å². The highest BCUT2D eigenvalue weighted by atomic mass is 35.5. The highest BCUT2D eigenvalue weighted by Gasteiger charge is 2.18. The molecule has 0 bridgehead atoms. The lowest BCUT2D eigenvalue weighted by Gasteiger charge is -2.21. The third-order valence-corrected chi connectivity index (χ3v) is 3.25. The van der Waals surface area contributed by atoms with Crippen molar-refractivity contribution in [1.29, 1.82) is 0 Å². The Hall–Kier alpha value is -1.42. The largest absolute Gasteiger partial charge is 0.504 e. The molecule has 0 atom stereocenters. The summed E-state index contributed by atoms with van der Waals surface area (Å²) in [6, 6.07) is 4.53. The van der Waals surface area contributed by atoms with E-state index in [1.54, 1.807) is 12.1 Å². The molecule has 5 heteroatoms. The number of rotatable bonds is 5. The van der Waals surface area contributed by atoms with E-state index in [1.807, 2.05) is 13.8 Å². The highest BCUT2D eigenvalue weighted by Crippen LogP contribution is 2.26. The zero-order chi connectivity index (χ0) is 13.8. The van der Waals surface area contributed by atoms with Gasteiger partial charge in [-0.1, -0.05) is 13.8 Å². The first-order valence-corrected chi connectivity index (χ1v) is 6.14. The molecule has 100 valence electrons. The van der Waals surface area contributed by atoms with Gasteiger partial charge in [0.05, 0.1) is 7.11 Å². The van der Waals surface area contributed by atoms with Crippen molar-refractivity contribution in [2.24, 2.45) is 5.41 Å². The van der Waals surface area contributed by atoms with E-state index >= 15 is 0 Å². The van der Waals surface area contributed by atoms with Gasteiger partial charge in [0.1, 0.15) is 0 Å². The summed E-state index contributed by atoms with van der Waals surface area (Å²) < 4.78 is 4.91. The number of amides is 1. The van der Waals surface area contributed by atoms with Crippen molar-refractivity contribution < 1.29 is 14.6 Å². The van der Waals surface area contributed by atoms with Gasteiger partial charge in [-0.15, -0.1) is 11.6 Å². The maximum absolute atomic E-state index is 11.9. The monoisotopic (exact) mass is 271 g/mol. The van der Waals surface area contributed by atoms with Crippen LogP contribution >= 0.6 is 11.6 Å². The minimum absolute atomic E-state index is 0.0539. The lowest BCUT2D eigenvalue weighted by molar-refractivity contribution is 0.0939. The number of nitrogens with one attached hydrogen (secondary N) is 1. The van der Waals surface area contributed by atoms with E-state index < -0.39 is 0 Å². The Morgan fingerprint density at radius 2 is 2.17 bits per heavy atom. The van der Waals surface area contributed by atoms with Gasteiger partial charge in [0.2, 0.25) is 0 Å². The van der Waals surface area contributed by atoms with Crippen LogP contribution in [-0.2, 0) is 0 Å². The number of ether oxygens (including phenoxy) is 1. The first-order chi connectivity index (χ1) is 8.39.